The maximum atomic E-state index is 11.6. The Balaban J connectivity index is 1.65. The standard InChI is InChI=1S/C18H25N5O2S/c1-3-23(4-2)16-7-5-14(6-8-16)21-17-11-18(20-13-19-17)22-15-9-10-26(24,25)12-15/h5-8,11,13,15H,3-4,9-10,12H2,1-2H3,(H2,19,20,21,22). The van der Waals surface area contributed by atoms with Gasteiger partial charge in [-0.25, -0.2) is 18.4 Å². The molecule has 1 unspecified atom stereocenters. The van der Waals surface area contributed by atoms with Gasteiger partial charge in [-0.2, -0.15) is 0 Å². The number of hydrogen-bond donors (Lipinski definition) is 2. The van der Waals surface area contributed by atoms with Gasteiger partial charge in [-0.3, -0.25) is 0 Å². The molecule has 1 fully saturated rings. The SMILES string of the molecule is CCN(CC)c1ccc(Nc2cc(NC3CCS(=O)(=O)C3)ncn2)cc1. The molecule has 0 saturated carbocycles. The second kappa shape index (κ2) is 7.90. The Hall–Kier alpha value is -2.35. The molecule has 26 heavy (non-hydrogen) atoms. The van der Waals surface area contributed by atoms with Crippen molar-refractivity contribution in [3.8, 4) is 0 Å². The molecule has 3 rings (SSSR count). The summed E-state index contributed by atoms with van der Waals surface area (Å²) < 4.78 is 23.1. The van der Waals surface area contributed by atoms with Gasteiger partial charge >= 0.3 is 0 Å². The number of benzene rings is 1. The second-order valence-electron chi connectivity index (χ2n) is 6.38. The monoisotopic (exact) mass is 375 g/mol. The van der Waals surface area contributed by atoms with Crippen molar-refractivity contribution in [3.63, 3.8) is 0 Å². The second-order valence-corrected chi connectivity index (χ2v) is 8.61. The summed E-state index contributed by atoms with van der Waals surface area (Å²) in [6, 6.07) is 9.91. The van der Waals surface area contributed by atoms with Gasteiger partial charge in [0, 0.05) is 36.6 Å². The molecule has 1 aliphatic heterocycles. The lowest BCUT2D eigenvalue weighted by Gasteiger charge is -2.21. The molecule has 1 saturated heterocycles. The van der Waals surface area contributed by atoms with E-state index < -0.39 is 9.84 Å². The Morgan fingerprint density at radius 1 is 1.12 bits per heavy atom. The van der Waals surface area contributed by atoms with E-state index >= 15 is 0 Å². The Bertz CT molecular complexity index is 835. The van der Waals surface area contributed by atoms with Gasteiger partial charge in [-0.15, -0.1) is 0 Å². The summed E-state index contributed by atoms with van der Waals surface area (Å²) >= 11 is 0. The van der Waals surface area contributed by atoms with Crippen LogP contribution < -0.4 is 15.5 Å². The Morgan fingerprint density at radius 3 is 2.42 bits per heavy atom. The fraction of sp³-hybridized carbons (Fsp3) is 0.444. The number of nitrogens with zero attached hydrogens (tertiary/aromatic N) is 3. The lowest BCUT2D eigenvalue weighted by molar-refractivity contribution is 0.602. The van der Waals surface area contributed by atoms with Gasteiger partial charge in [-0.05, 0) is 44.5 Å². The third-order valence-electron chi connectivity index (χ3n) is 4.52. The topological polar surface area (TPSA) is 87.2 Å². The molecule has 8 heteroatoms. The zero-order chi connectivity index (χ0) is 18.6. The zero-order valence-electron chi connectivity index (χ0n) is 15.1. The smallest absolute Gasteiger partial charge is 0.152 e. The molecule has 140 valence electrons. The van der Waals surface area contributed by atoms with E-state index in [4.69, 9.17) is 0 Å². The van der Waals surface area contributed by atoms with Crippen molar-refractivity contribution in [3.05, 3.63) is 36.7 Å². The Kier molecular flexibility index (Phi) is 5.61. The van der Waals surface area contributed by atoms with E-state index in [1.54, 1.807) is 6.07 Å². The van der Waals surface area contributed by atoms with Crippen molar-refractivity contribution in [1.29, 1.82) is 0 Å². The first kappa shape index (κ1) is 18.4. The van der Waals surface area contributed by atoms with Gasteiger partial charge in [0.15, 0.2) is 9.84 Å². The number of anilines is 4. The third-order valence-corrected chi connectivity index (χ3v) is 6.29. The van der Waals surface area contributed by atoms with Crippen molar-refractivity contribution >= 4 is 32.8 Å². The third kappa shape index (κ3) is 4.63. The van der Waals surface area contributed by atoms with Crippen LogP contribution in [0.15, 0.2) is 36.7 Å². The number of sulfone groups is 1. The molecular formula is C18H25N5O2S. The minimum atomic E-state index is -2.92. The highest BCUT2D eigenvalue weighted by atomic mass is 32.2. The van der Waals surface area contributed by atoms with Crippen LogP contribution in [0.5, 0.6) is 0 Å². The molecule has 1 atom stereocenters. The van der Waals surface area contributed by atoms with Crippen LogP contribution in [0.2, 0.25) is 0 Å². The maximum Gasteiger partial charge on any atom is 0.152 e. The van der Waals surface area contributed by atoms with Crippen molar-refractivity contribution in [2.45, 2.75) is 26.3 Å². The lowest BCUT2D eigenvalue weighted by atomic mass is 10.2. The molecule has 0 amide bonds. The summed E-state index contributed by atoms with van der Waals surface area (Å²) in [5.74, 6) is 1.69. The highest BCUT2D eigenvalue weighted by molar-refractivity contribution is 7.91. The fourth-order valence-corrected chi connectivity index (χ4v) is 4.79. The molecular weight excluding hydrogens is 350 g/mol. The van der Waals surface area contributed by atoms with E-state index in [1.165, 1.54) is 12.0 Å². The summed E-state index contributed by atoms with van der Waals surface area (Å²) in [5.41, 5.74) is 2.13. The highest BCUT2D eigenvalue weighted by Crippen LogP contribution is 2.22. The Morgan fingerprint density at radius 2 is 1.81 bits per heavy atom. The first-order valence-electron chi connectivity index (χ1n) is 8.90. The summed E-state index contributed by atoms with van der Waals surface area (Å²) in [5, 5.41) is 6.44. The van der Waals surface area contributed by atoms with Crippen LogP contribution in [0.25, 0.3) is 0 Å². The number of rotatable bonds is 7. The number of hydrogen-bond acceptors (Lipinski definition) is 7. The zero-order valence-corrected chi connectivity index (χ0v) is 16.0. The van der Waals surface area contributed by atoms with Crippen LogP contribution in [0.3, 0.4) is 0 Å². The minimum absolute atomic E-state index is 0.0869. The molecule has 2 N–H and O–H groups in total. The number of nitrogens with one attached hydrogen (secondary N) is 2. The van der Waals surface area contributed by atoms with Gasteiger partial charge in [0.25, 0.3) is 0 Å². The quantitative estimate of drug-likeness (QED) is 0.769. The molecule has 2 heterocycles. The molecule has 7 nitrogen and oxygen atoms in total. The first-order chi connectivity index (χ1) is 12.5. The summed E-state index contributed by atoms with van der Waals surface area (Å²) in [6.07, 6.45) is 2.08. The van der Waals surface area contributed by atoms with Crippen molar-refractivity contribution in [1.82, 2.24) is 9.97 Å². The normalized spacial score (nSPS) is 18.5. The first-order valence-corrected chi connectivity index (χ1v) is 10.7. The summed E-state index contributed by atoms with van der Waals surface area (Å²) in [6.45, 7) is 6.23. The average Bonchev–Trinajstić information content (AvgIpc) is 2.96. The van der Waals surface area contributed by atoms with Crippen LogP contribution in [0.1, 0.15) is 20.3 Å². The van der Waals surface area contributed by atoms with E-state index in [9.17, 15) is 8.42 Å². The molecule has 0 spiro atoms. The van der Waals surface area contributed by atoms with Gasteiger partial charge < -0.3 is 15.5 Å². The van der Waals surface area contributed by atoms with Gasteiger partial charge in [-0.1, -0.05) is 0 Å². The molecule has 0 radical (unpaired) electrons. The van der Waals surface area contributed by atoms with Crippen LogP contribution in [-0.2, 0) is 9.84 Å². The Labute approximate surface area is 154 Å². The highest BCUT2D eigenvalue weighted by Gasteiger charge is 2.27. The van der Waals surface area contributed by atoms with Crippen molar-refractivity contribution in [2.75, 3.05) is 40.1 Å². The molecule has 0 bridgehead atoms. The van der Waals surface area contributed by atoms with Gasteiger partial charge in [0.1, 0.15) is 18.0 Å². The predicted molar refractivity (Wildman–Crippen MR) is 106 cm³/mol. The summed E-state index contributed by atoms with van der Waals surface area (Å²) in [4.78, 5) is 10.7. The molecule has 0 aliphatic carbocycles. The minimum Gasteiger partial charge on any atom is -0.372 e. The fourth-order valence-electron chi connectivity index (χ4n) is 3.11. The van der Waals surface area contributed by atoms with Crippen LogP contribution in [-0.4, -0.2) is 49.0 Å². The van der Waals surface area contributed by atoms with Gasteiger partial charge in [0.05, 0.1) is 11.5 Å². The predicted octanol–water partition coefficient (Wildman–Crippen LogP) is 2.67. The maximum absolute atomic E-state index is 11.6. The van der Waals surface area contributed by atoms with E-state index in [0.29, 0.717) is 18.1 Å². The van der Waals surface area contributed by atoms with Crippen molar-refractivity contribution < 1.29 is 8.42 Å². The van der Waals surface area contributed by atoms with E-state index in [1.807, 2.05) is 12.1 Å². The van der Waals surface area contributed by atoms with Gasteiger partial charge in [0.2, 0.25) is 0 Å². The van der Waals surface area contributed by atoms with Crippen molar-refractivity contribution in [2.24, 2.45) is 0 Å². The van der Waals surface area contributed by atoms with Crippen LogP contribution >= 0.6 is 0 Å². The lowest BCUT2D eigenvalue weighted by Crippen LogP contribution is -2.21. The molecule has 1 aliphatic rings. The molecule has 1 aromatic carbocycles. The average molecular weight is 375 g/mol. The summed E-state index contributed by atoms with van der Waals surface area (Å²) in [7, 11) is -2.92. The molecule has 1 aromatic heterocycles. The molecule has 2 aromatic rings. The van der Waals surface area contributed by atoms with E-state index in [-0.39, 0.29) is 17.5 Å². The van der Waals surface area contributed by atoms with E-state index in [2.05, 4.69) is 51.5 Å². The number of aromatic nitrogens is 2. The van der Waals surface area contributed by atoms with E-state index in [0.717, 1.165) is 18.8 Å². The van der Waals surface area contributed by atoms with Crippen LogP contribution in [0, 0.1) is 0 Å². The largest absolute Gasteiger partial charge is 0.372 e. The van der Waals surface area contributed by atoms with Crippen LogP contribution in [0.4, 0.5) is 23.0 Å².